The van der Waals surface area contributed by atoms with E-state index in [0.29, 0.717) is 18.8 Å². The molecule has 1 heterocycles. The summed E-state index contributed by atoms with van der Waals surface area (Å²) in [5, 5.41) is 0. The molecule has 0 unspecified atom stereocenters. The largest absolute Gasteiger partial charge is 0.345 e. The molecule has 1 saturated heterocycles. The highest BCUT2D eigenvalue weighted by atomic mass is 16.2. The maximum absolute atomic E-state index is 12.1. The number of aryl methyl sites for hydroxylation is 1. The van der Waals surface area contributed by atoms with Gasteiger partial charge >= 0.3 is 0 Å². The molecule has 1 aromatic carbocycles. The van der Waals surface area contributed by atoms with Crippen molar-refractivity contribution in [2.24, 2.45) is 5.92 Å². The first-order valence-corrected chi connectivity index (χ1v) is 9.46. The highest BCUT2D eigenvalue weighted by molar-refractivity contribution is 5.83. The van der Waals surface area contributed by atoms with Gasteiger partial charge in [-0.2, -0.15) is 0 Å². The molecule has 0 spiro atoms. The lowest BCUT2D eigenvalue weighted by Gasteiger charge is -2.35. The van der Waals surface area contributed by atoms with Crippen molar-refractivity contribution >= 4 is 11.7 Å². The third-order valence-electron chi connectivity index (χ3n) is 5.21. The summed E-state index contributed by atoms with van der Waals surface area (Å²) in [5.74, 6) is 0.714. The minimum absolute atomic E-state index is 0.0850. The number of hydrogen-bond acceptors (Lipinski definition) is 3. The second-order valence-corrected chi connectivity index (χ2v) is 7.46. The number of ketones is 1. The Bertz CT molecular complexity index is 585. The fraction of sp³-hybridized carbons (Fsp3) is 0.619. The lowest BCUT2D eigenvalue weighted by molar-refractivity contribution is -0.132. The molecule has 4 heteroatoms. The maximum atomic E-state index is 12.1. The van der Waals surface area contributed by atoms with Crippen molar-refractivity contribution in [3.05, 3.63) is 35.4 Å². The Kier molecular flexibility index (Phi) is 7.63. The van der Waals surface area contributed by atoms with E-state index in [2.05, 4.69) is 36.1 Å². The van der Waals surface area contributed by atoms with Gasteiger partial charge in [-0.3, -0.25) is 4.79 Å². The first-order chi connectivity index (χ1) is 12.0. The predicted molar refractivity (Wildman–Crippen MR) is 102 cm³/mol. The van der Waals surface area contributed by atoms with Gasteiger partial charge in [-0.1, -0.05) is 24.3 Å². The topological polar surface area (TPSA) is 40.6 Å². The van der Waals surface area contributed by atoms with E-state index in [1.54, 1.807) is 6.92 Å². The predicted octanol–water partition coefficient (Wildman–Crippen LogP) is 3.08. The van der Waals surface area contributed by atoms with Crippen molar-refractivity contribution in [3.8, 4) is 0 Å². The lowest BCUT2D eigenvalue weighted by Crippen LogP contribution is -2.42. The van der Waals surface area contributed by atoms with Crippen LogP contribution >= 0.6 is 0 Å². The number of carbonyl (C=O) groups is 2. The van der Waals surface area contributed by atoms with Crippen LogP contribution in [0.4, 0.5) is 0 Å². The van der Waals surface area contributed by atoms with Gasteiger partial charge < -0.3 is 14.6 Å². The van der Waals surface area contributed by atoms with Crippen LogP contribution in [0, 0.1) is 12.8 Å². The zero-order valence-corrected chi connectivity index (χ0v) is 16.0. The molecule has 1 aliphatic rings. The Labute approximate surface area is 152 Å². The number of piperidine rings is 1. The number of hydrogen-bond donors (Lipinski definition) is 0. The highest BCUT2D eigenvalue weighted by Crippen LogP contribution is 2.19. The van der Waals surface area contributed by atoms with Gasteiger partial charge in [-0.15, -0.1) is 0 Å². The first-order valence-electron chi connectivity index (χ1n) is 9.46. The third kappa shape index (κ3) is 6.62. The average molecular weight is 344 g/mol. The molecule has 0 aliphatic carbocycles. The highest BCUT2D eigenvalue weighted by Gasteiger charge is 2.22. The van der Waals surface area contributed by atoms with Crippen molar-refractivity contribution in [1.82, 2.24) is 9.80 Å². The number of nitrogens with zero attached hydrogens (tertiary/aromatic N) is 2. The molecule has 25 heavy (non-hydrogen) atoms. The third-order valence-corrected chi connectivity index (χ3v) is 5.21. The minimum Gasteiger partial charge on any atom is -0.345 e. The van der Waals surface area contributed by atoms with Crippen molar-refractivity contribution in [2.45, 2.75) is 46.0 Å². The van der Waals surface area contributed by atoms with Crippen LogP contribution in [0.1, 0.15) is 43.7 Å². The number of likely N-dealkylation sites (tertiary alicyclic amines) is 1. The summed E-state index contributed by atoms with van der Waals surface area (Å²) in [6.07, 6.45) is 4.18. The standard InChI is InChI=1S/C21H32N2O2/c1-17-7-4-5-9-20(17)12-14-23-13-6-8-19(16-23)15-22(3)21(25)11-10-18(2)24/h4-5,7,9,19H,6,8,10-16H2,1-3H3/t19-/m1/s1. The Morgan fingerprint density at radius 1 is 1.24 bits per heavy atom. The second-order valence-electron chi connectivity index (χ2n) is 7.46. The molecule has 0 aromatic heterocycles. The Morgan fingerprint density at radius 2 is 2.00 bits per heavy atom. The molecule has 1 aliphatic heterocycles. The average Bonchev–Trinajstić information content (AvgIpc) is 2.59. The molecule has 1 atom stereocenters. The van der Waals surface area contributed by atoms with Gasteiger partial charge in [0.2, 0.25) is 5.91 Å². The minimum atomic E-state index is 0.0850. The van der Waals surface area contributed by atoms with Crippen LogP contribution in [0.5, 0.6) is 0 Å². The van der Waals surface area contributed by atoms with Crippen LogP contribution in [-0.4, -0.2) is 54.7 Å². The maximum Gasteiger partial charge on any atom is 0.222 e. The van der Waals surface area contributed by atoms with Crippen molar-refractivity contribution in [3.63, 3.8) is 0 Å². The molecule has 1 amide bonds. The molecular formula is C21H32N2O2. The quantitative estimate of drug-likeness (QED) is 0.728. The number of rotatable bonds is 8. The van der Waals surface area contributed by atoms with E-state index in [4.69, 9.17) is 0 Å². The number of carbonyl (C=O) groups excluding carboxylic acids is 2. The first kappa shape index (κ1) is 19.6. The van der Waals surface area contributed by atoms with E-state index in [1.807, 2.05) is 11.9 Å². The number of benzene rings is 1. The molecular weight excluding hydrogens is 312 g/mol. The van der Waals surface area contributed by atoms with Crippen LogP contribution < -0.4 is 0 Å². The van der Waals surface area contributed by atoms with E-state index < -0.39 is 0 Å². The second kappa shape index (κ2) is 9.71. The molecule has 1 fully saturated rings. The summed E-state index contributed by atoms with van der Waals surface area (Å²) < 4.78 is 0. The summed E-state index contributed by atoms with van der Waals surface area (Å²) in [4.78, 5) is 27.5. The zero-order valence-electron chi connectivity index (χ0n) is 16.0. The van der Waals surface area contributed by atoms with Gasteiger partial charge in [0.05, 0.1) is 0 Å². The van der Waals surface area contributed by atoms with E-state index in [-0.39, 0.29) is 11.7 Å². The number of amides is 1. The van der Waals surface area contributed by atoms with Gasteiger partial charge in [0.25, 0.3) is 0 Å². The van der Waals surface area contributed by atoms with Gasteiger partial charge in [-0.25, -0.2) is 0 Å². The van der Waals surface area contributed by atoms with E-state index in [1.165, 1.54) is 24.0 Å². The van der Waals surface area contributed by atoms with Gasteiger partial charge in [0.15, 0.2) is 0 Å². The molecule has 1 aromatic rings. The Hall–Kier alpha value is -1.68. The van der Waals surface area contributed by atoms with E-state index in [0.717, 1.165) is 32.6 Å². The van der Waals surface area contributed by atoms with Crippen molar-refractivity contribution < 1.29 is 9.59 Å². The summed E-state index contributed by atoms with van der Waals surface area (Å²) in [6.45, 7) is 7.83. The SMILES string of the molecule is CC(=O)CCC(=O)N(C)C[C@H]1CCCN(CCc2ccccc2C)C1. The van der Waals surface area contributed by atoms with Gasteiger partial charge in [0, 0.05) is 39.5 Å². The molecule has 2 rings (SSSR count). The summed E-state index contributed by atoms with van der Waals surface area (Å²) in [6, 6.07) is 8.60. The van der Waals surface area contributed by atoms with Crippen LogP contribution in [0.25, 0.3) is 0 Å². The fourth-order valence-electron chi connectivity index (χ4n) is 3.64. The molecule has 0 radical (unpaired) electrons. The normalized spacial score (nSPS) is 18.1. The Morgan fingerprint density at radius 3 is 2.72 bits per heavy atom. The molecule has 0 N–H and O–H groups in total. The number of Topliss-reactive ketones (excluding diaryl/α,β-unsaturated/α-hetero) is 1. The summed E-state index contributed by atoms with van der Waals surface area (Å²) in [7, 11) is 1.87. The molecule has 0 saturated carbocycles. The smallest absolute Gasteiger partial charge is 0.222 e. The Balaban J connectivity index is 1.77. The van der Waals surface area contributed by atoms with Gasteiger partial charge in [0.1, 0.15) is 5.78 Å². The fourth-order valence-corrected chi connectivity index (χ4v) is 3.64. The summed E-state index contributed by atoms with van der Waals surface area (Å²) >= 11 is 0. The van der Waals surface area contributed by atoms with Crippen LogP contribution in [-0.2, 0) is 16.0 Å². The zero-order chi connectivity index (χ0) is 18.2. The lowest BCUT2D eigenvalue weighted by atomic mass is 9.96. The van der Waals surface area contributed by atoms with Crippen LogP contribution in [0.2, 0.25) is 0 Å². The van der Waals surface area contributed by atoms with E-state index >= 15 is 0 Å². The molecule has 4 nitrogen and oxygen atoms in total. The molecule has 0 bridgehead atoms. The summed E-state index contributed by atoms with van der Waals surface area (Å²) in [5.41, 5.74) is 2.80. The van der Waals surface area contributed by atoms with E-state index in [9.17, 15) is 9.59 Å². The van der Waals surface area contributed by atoms with Crippen LogP contribution in [0.3, 0.4) is 0 Å². The van der Waals surface area contributed by atoms with Crippen LogP contribution in [0.15, 0.2) is 24.3 Å². The molecule has 138 valence electrons. The van der Waals surface area contributed by atoms with Crippen molar-refractivity contribution in [1.29, 1.82) is 0 Å². The van der Waals surface area contributed by atoms with Gasteiger partial charge in [-0.05, 0) is 56.7 Å². The van der Waals surface area contributed by atoms with Crippen molar-refractivity contribution in [2.75, 3.05) is 33.2 Å². The monoisotopic (exact) mass is 344 g/mol.